The van der Waals surface area contributed by atoms with Crippen molar-refractivity contribution in [2.24, 2.45) is 10.1 Å². The summed E-state index contributed by atoms with van der Waals surface area (Å²) in [6.45, 7) is 0. The van der Waals surface area contributed by atoms with Crippen LogP contribution in [0, 0.1) is 0 Å². The number of nitrogens with zero attached hydrogens (tertiary/aromatic N) is 2. The van der Waals surface area contributed by atoms with Gasteiger partial charge < -0.3 is 10.8 Å². The summed E-state index contributed by atoms with van der Waals surface area (Å²) in [6.07, 6.45) is 1.02. The lowest BCUT2D eigenvalue weighted by Crippen LogP contribution is -2.21. The quantitative estimate of drug-likeness (QED) is 0.557. The van der Waals surface area contributed by atoms with Gasteiger partial charge in [0.05, 0.1) is 11.3 Å². The van der Waals surface area contributed by atoms with Crippen molar-refractivity contribution < 1.29 is 14.1 Å². The smallest absolute Gasteiger partial charge is 0.339 e. The highest BCUT2D eigenvalue weighted by Crippen LogP contribution is 2.23. The Kier molecular flexibility index (Phi) is 7.21. The van der Waals surface area contributed by atoms with Gasteiger partial charge in [-0.15, -0.1) is 0 Å². The number of carbonyl (C=O) groups is 1. The molecule has 0 spiro atoms. The van der Waals surface area contributed by atoms with Crippen LogP contribution >= 0.6 is 27.5 Å². The highest BCUT2D eigenvalue weighted by atomic mass is 79.9. The minimum Gasteiger partial charge on any atom is -0.478 e. The van der Waals surface area contributed by atoms with Gasteiger partial charge in [0.25, 0.3) is 0 Å². The summed E-state index contributed by atoms with van der Waals surface area (Å²) >= 11 is 7.71. The molecule has 3 N–H and O–H groups in total. The monoisotopic (exact) mass is 407 g/mol. The van der Waals surface area contributed by atoms with Gasteiger partial charge in [-0.05, 0) is 23.8 Å². The first kappa shape index (κ1) is 18.8. The van der Waals surface area contributed by atoms with E-state index in [1.165, 1.54) is 4.31 Å². The number of hydrogen-bond donors (Lipinski definition) is 2. The molecule has 120 valence electrons. The van der Waals surface area contributed by atoms with Crippen LogP contribution in [-0.2, 0) is 22.4 Å². The van der Waals surface area contributed by atoms with Crippen LogP contribution in [0.15, 0.2) is 38.8 Å². The maximum absolute atomic E-state index is 11.9. The fraction of sp³-hybridized carbons (Fsp3) is 0.231. The fourth-order valence-corrected chi connectivity index (χ4v) is 2.61. The van der Waals surface area contributed by atoms with Gasteiger partial charge in [0.15, 0.2) is 0 Å². The molecule has 1 aromatic carbocycles. The van der Waals surface area contributed by atoms with Crippen molar-refractivity contribution in [1.82, 2.24) is 4.31 Å². The zero-order valence-corrected chi connectivity index (χ0v) is 15.1. The molecule has 0 bridgehead atoms. The molecule has 0 heterocycles. The minimum absolute atomic E-state index is 0.0852. The molecule has 0 saturated heterocycles. The zero-order valence-electron chi connectivity index (χ0n) is 11.9. The molecule has 6 nitrogen and oxygen atoms in total. The van der Waals surface area contributed by atoms with Crippen molar-refractivity contribution in [3.05, 3.63) is 45.0 Å². The summed E-state index contributed by atoms with van der Waals surface area (Å²) in [5, 5.41) is 9.67. The van der Waals surface area contributed by atoms with E-state index in [1.807, 2.05) is 0 Å². The molecule has 1 unspecified atom stereocenters. The average molecular weight is 409 g/mol. The Morgan fingerprint density at radius 3 is 2.68 bits per heavy atom. The molecule has 9 heteroatoms. The van der Waals surface area contributed by atoms with Crippen LogP contribution < -0.4 is 5.73 Å². The second kappa shape index (κ2) is 8.42. The maximum Gasteiger partial charge on any atom is 0.339 e. The molecule has 0 amide bonds. The molecule has 0 aliphatic carbocycles. The van der Waals surface area contributed by atoms with E-state index < -0.39 is 17.1 Å². The van der Waals surface area contributed by atoms with Crippen molar-refractivity contribution in [3.8, 4) is 0 Å². The third kappa shape index (κ3) is 5.20. The summed E-state index contributed by atoms with van der Waals surface area (Å²) in [5.41, 5.74) is 5.88. The van der Waals surface area contributed by atoms with Gasteiger partial charge in [-0.2, -0.15) is 4.40 Å². The van der Waals surface area contributed by atoms with Gasteiger partial charge in [-0.25, -0.2) is 13.3 Å². The van der Waals surface area contributed by atoms with E-state index in [1.54, 1.807) is 32.3 Å². The van der Waals surface area contributed by atoms with Gasteiger partial charge in [-0.3, -0.25) is 0 Å². The Morgan fingerprint density at radius 2 is 2.18 bits per heavy atom. The molecule has 1 aromatic rings. The molecule has 0 saturated carbocycles. The number of rotatable bonds is 6. The van der Waals surface area contributed by atoms with Crippen LogP contribution in [0.2, 0.25) is 5.02 Å². The second-order valence-corrected chi connectivity index (χ2v) is 7.08. The Bertz CT molecular complexity index is 662. The lowest BCUT2D eigenvalue weighted by molar-refractivity contribution is -0.132. The predicted octanol–water partition coefficient (Wildman–Crippen LogP) is 2.15. The van der Waals surface area contributed by atoms with Gasteiger partial charge in [0, 0.05) is 36.2 Å². The van der Waals surface area contributed by atoms with E-state index in [9.17, 15) is 14.1 Å². The van der Waals surface area contributed by atoms with Gasteiger partial charge in [-0.1, -0.05) is 27.5 Å². The highest BCUT2D eigenvalue weighted by Gasteiger charge is 2.18. The highest BCUT2D eigenvalue weighted by molar-refractivity contribution is 9.10. The SMILES string of the molecule is CN(C)S(=O)/N=C(Cc1cc(Br)ccc1Cl)/C(=C\N)C(=O)O. The molecular weight excluding hydrogens is 394 g/mol. The predicted molar refractivity (Wildman–Crippen MR) is 92.0 cm³/mol. The minimum atomic E-state index is -1.72. The first-order valence-electron chi connectivity index (χ1n) is 6.02. The summed E-state index contributed by atoms with van der Waals surface area (Å²) in [7, 11) is 3.13. The topological polar surface area (TPSA) is 96.0 Å². The molecule has 0 aromatic heterocycles. The van der Waals surface area contributed by atoms with E-state index in [4.69, 9.17) is 17.3 Å². The first-order valence-corrected chi connectivity index (χ1v) is 8.26. The summed E-state index contributed by atoms with van der Waals surface area (Å²) in [5.74, 6) is -1.25. The Balaban J connectivity index is 3.30. The molecule has 0 fully saturated rings. The van der Waals surface area contributed by atoms with E-state index >= 15 is 0 Å². The summed E-state index contributed by atoms with van der Waals surface area (Å²) in [4.78, 5) is 11.3. The molecule has 0 aliphatic heterocycles. The van der Waals surface area contributed by atoms with Crippen LogP contribution in [0.25, 0.3) is 0 Å². The number of carboxylic acids is 1. The van der Waals surface area contributed by atoms with E-state index in [0.29, 0.717) is 10.6 Å². The van der Waals surface area contributed by atoms with Crippen molar-refractivity contribution in [3.63, 3.8) is 0 Å². The largest absolute Gasteiger partial charge is 0.478 e. The molecule has 0 aliphatic rings. The normalized spacial score (nSPS) is 14.2. The third-order valence-corrected chi connectivity index (χ3v) is 4.44. The van der Waals surface area contributed by atoms with E-state index in [-0.39, 0.29) is 17.7 Å². The summed E-state index contributed by atoms with van der Waals surface area (Å²) < 4.78 is 18.0. The maximum atomic E-state index is 11.9. The number of aliphatic carboxylic acids is 1. The van der Waals surface area contributed by atoms with Crippen LogP contribution in [-0.4, -0.2) is 39.4 Å². The summed E-state index contributed by atoms with van der Waals surface area (Å²) in [6, 6.07) is 5.18. The van der Waals surface area contributed by atoms with Crippen molar-refractivity contribution in [2.45, 2.75) is 6.42 Å². The van der Waals surface area contributed by atoms with Crippen LogP contribution in [0.4, 0.5) is 0 Å². The number of halogens is 2. The average Bonchev–Trinajstić information content (AvgIpc) is 2.42. The molecule has 1 atom stereocenters. The Morgan fingerprint density at radius 1 is 1.55 bits per heavy atom. The molecule has 22 heavy (non-hydrogen) atoms. The lowest BCUT2D eigenvalue weighted by atomic mass is 10.0. The number of nitrogens with two attached hydrogens (primary N) is 1. The Labute approximate surface area is 144 Å². The lowest BCUT2D eigenvalue weighted by Gasteiger charge is -2.11. The second-order valence-electron chi connectivity index (χ2n) is 4.38. The molecular formula is C13H15BrClN3O3S. The Hall–Kier alpha value is -1.22. The van der Waals surface area contributed by atoms with Gasteiger partial charge in [0.2, 0.25) is 11.2 Å². The number of hydrogen-bond acceptors (Lipinski definition) is 3. The van der Waals surface area contributed by atoms with Crippen molar-refractivity contribution >= 4 is 50.4 Å². The van der Waals surface area contributed by atoms with Gasteiger partial charge >= 0.3 is 5.97 Å². The fourth-order valence-electron chi connectivity index (χ4n) is 1.50. The van der Waals surface area contributed by atoms with Crippen molar-refractivity contribution in [2.75, 3.05) is 14.1 Å². The van der Waals surface area contributed by atoms with E-state index in [0.717, 1.165) is 10.7 Å². The first-order chi connectivity index (χ1) is 10.3. The van der Waals surface area contributed by atoms with Gasteiger partial charge in [0.1, 0.15) is 0 Å². The van der Waals surface area contributed by atoms with E-state index in [2.05, 4.69) is 20.3 Å². The van der Waals surface area contributed by atoms with Crippen LogP contribution in [0.5, 0.6) is 0 Å². The molecule has 1 rings (SSSR count). The van der Waals surface area contributed by atoms with Crippen LogP contribution in [0.1, 0.15) is 5.56 Å². The standard InChI is InChI=1S/C13H15BrClN3O3S/c1-18(2)22(21)17-12(10(7-16)13(19)20)6-8-5-9(14)3-4-11(8)15/h3-5,7H,6,16H2,1-2H3,(H,19,20)/b10-7+,17-12+. The zero-order chi connectivity index (χ0) is 16.9. The van der Waals surface area contributed by atoms with Crippen molar-refractivity contribution in [1.29, 1.82) is 0 Å². The third-order valence-electron chi connectivity index (χ3n) is 2.57. The van der Waals surface area contributed by atoms with Crippen LogP contribution in [0.3, 0.4) is 0 Å². The number of carboxylic acid groups (broad SMARTS) is 1. The number of benzene rings is 1. The molecule has 0 radical (unpaired) electrons.